The van der Waals surface area contributed by atoms with Crippen molar-refractivity contribution in [3.63, 3.8) is 0 Å². The first kappa shape index (κ1) is 16.0. The third-order valence-corrected chi connectivity index (χ3v) is 5.12. The molecule has 0 aliphatic carbocycles. The molecule has 1 amide bonds. The van der Waals surface area contributed by atoms with Gasteiger partial charge in [0.1, 0.15) is 5.82 Å². The van der Waals surface area contributed by atoms with Crippen molar-refractivity contribution in [3.8, 4) is 11.4 Å². The van der Waals surface area contributed by atoms with Gasteiger partial charge in [-0.25, -0.2) is 4.39 Å². The van der Waals surface area contributed by atoms with Gasteiger partial charge in [0.05, 0.1) is 10.8 Å². The van der Waals surface area contributed by atoms with Crippen LogP contribution in [0.25, 0.3) is 11.4 Å². The van der Waals surface area contributed by atoms with Crippen molar-refractivity contribution < 1.29 is 9.18 Å². The average Bonchev–Trinajstić information content (AvgIpc) is 3.19. The Labute approximate surface area is 138 Å². The summed E-state index contributed by atoms with van der Waals surface area (Å²) in [5.41, 5.74) is 0.410. The maximum absolute atomic E-state index is 13.9. The SMILES string of the molecule is CC(Sc1nnc(-c2ccccc2F)n1C)C(=O)N1CCCC1. The normalized spacial score (nSPS) is 15.9. The molecule has 0 radical (unpaired) electrons. The second kappa shape index (κ2) is 6.70. The molecule has 2 aromatic rings. The Kier molecular flexibility index (Phi) is 4.66. The third kappa shape index (κ3) is 3.24. The van der Waals surface area contributed by atoms with Crippen molar-refractivity contribution in [1.29, 1.82) is 0 Å². The van der Waals surface area contributed by atoms with Crippen LogP contribution in [0, 0.1) is 5.82 Å². The highest BCUT2D eigenvalue weighted by Crippen LogP contribution is 2.28. The number of amides is 1. The van der Waals surface area contributed by atoms with Crippen molar-refractivity contribution in [1.82, 2.24) is 19.7 Å². The van der Waals surface area contributed by atoms with Gasteiger partial charge in [-0.15, -0.1) is 10.2 Å². The smallest absolute Gasteiger partial charge is 0.235 e. The molecule has 2 heterocycles. The molecule has 1 saturated heterocycles. The number of carbonyl (C=O) groups is 1. The minimum atomic E-state index is -0.333. The van der Waals surface area contributed by atoms with Crippen LogP contribution in [-0.2, 0) is 11.8 Å². The quantitative estimate of drug-likeness (QED) is 0.807. The molecule has 1 aliphatic rings. The highest BCUT2D eigenvalue weighted by Gasteiger charge is 2.26. The molecule has 122 valence electrons. The number of hydrogen-bond donors (Lipinski definition) is 0. The highest BCUT2D eigenvalue weighted by atomic mass is 32.2. The molecule has 0 bridgehead atoms. The van der Waals surface area contributed by atoms with Crippen LogP contribution < -0.4 is 0 Å². The molecule has 1 unspecified atom stereocenters. The van der Waals surface area contributed by atoms with Gasteiger partial charge in [0.15, 0.2) is 11.0 Å². The number of hydrogen-bond acceptors (Lipinski definition) is 4. The summed E-state index contributed by atoms with van der Waals surface area (Å²) < 4.78 is 15.6. The number of thioether (sulfide) groups is 1. The van der Waals surface area contributed by atoms with E-state index < -0.39 is 0 Å². The standard InChI is InChI=1S/C16H19FN4OS/c1-11(15(22)21-9-5-6-10-21)23-16-19-18-14(20(16)2)12-7-3-4-8-13(12)17/h3-4,7-8,11H,5-6,9-10H2,1-2H3. The molecule has 1 aromatic carbocycles. The number of likely N-dealkylation sites (tertiary alicyclic amines) is 1. The van der Waals surface area contributed by atoms with Crippen molar-refractivity contribution in [2.45, 2.75) is 30.2 Å². The third-order valence-electron chi connectivity index (χ3n) is 4.00. The van der Waals surface area contributed by atoms with Gasteiger partial charge in [0.2, 0.25) is 5.91 Å². The molecule has 1 aliphatic heterocycles. The maximum atomic E-state index is 13.9. The lowest BCUT2D eigenvalue weighted by molar-refractivity contribution is -0.129. The Morgan fingerprint density at radius 2 is 1.96 bits per heavy atom. The summed E-state index contributed by atoms with van der Waals surface area (Å²) in [6, 6.07) is 6.48. The second-order valence-corrected chi connectivity index (χ2v) is 6.95. The van der Waals surface area contributed by atoms with E-state index in [1.807, 2.05) is 11.8 Å². The van der Waals surface area contributed by atoms with Crippen molar-refractivity contribution in [3.05, 3.63) is 30.1 Å². The molecule has 23 heavy (non-hydrogen) atoms. The molecule has 0 N–H and O–H groups in total. The topological polar surface area (TPSA) is 51.0 Å². The Bertz CT molecular complexity index is 712. The lowest BCUT2D eigenvalue weighted by atomic mass is 10.2. The summed E-state index contributed by atoms with van der Waals surface area (Å²) in [6.45, 7) is 3.55. The first-order valence-electron chi connectivity index (χ1n) is 7.67. The summed E-state index contributed by atoms with van der Waals surface area (Å²) in [6.07, 6.45) is 2.15. The van der Waals surface area contributed by atoms with Crippen molar-refractivity contribution in [2.24, 2.45) is 7.05 Å². The number of rotatable bonds is 4. The summed E-state index contributed by atoms with van der Waals surface area (Å²) >= 11 is 1.36. The molecular formula is C16H19FN4OS. The maximum Gasteiger partial charge on any atom is 0.235 e. The van der Waals surface area contributed by atoms with Gasteiger partial charge in [-0.3, -0.25) is 4.79 Å². The Hall–Kier alpha value is -1.89. The average molecular weight is 334 g/mol. The lowest BCUT2D eigenvalue weighted by Gasteiger charge is -2.19. The van der Waals surface area contributed by atoms with Crippen molar-refractivity contribution in [2.75, 3.05) is 13.1 Å². The van der Waals surface area contributed by atoms with Gasteiger partial charge >= 0.3 is 0 Å². The van der Waals surface area contributed by atoms with E-state index >= 15 is 0 Å². The van der Waals surface area contributed by atoms with Crippen LogP contribution in [0.2, 0.25) is 0 Å². The van der Waals surface area contributed by atoms with E-state index in [1.165, 1.54) is 17.8 Å². The van der Waals surface area contributed by atoms with Crippen LogP contribution >= 0.6 is 11.8 Å². The van der Waals surface area contributed by atoms with E-state index in [4.69, 9.17) is 0 Å². The molecule has 5 nitrogen and oxygen atoms in total. The summed E-state index contributed by atoms with van der Waals surface area (Å²) in [4.78, 5) is 14.3. The molecule has 0 saturated carbocycles. The van der Waals surface area contributed by atoms with Crippen molar-refractivity contribution >= 4 is 17.7 Å². The number of halogens is 1. The highest BCUT2D eigenvalue weighted by molar-refractivity contribution is 8.00. The molecule has 1 atom stereocenters. The van der Waals surface area contributed by atoms with Crippen LogP contribution in [0.4, 0.5) is 4.39 Å². The van der Waals surface area contributed by atoms with E-state index in [0.717, 1.165) is 25.9 Å². The number of aromatic nitrogens is 3. The van der Waals surface area contributed by atoms with Gasteiger partial charge in [-0.05, 0) is 31.9 Å². The number of nitrogens with zero attached hydrogens (tertiary/aromatic N) is 4. The van der Waals surface area contributed by atoms with Crippen LogP contribution in [0.5, 0.6) is 0 Å². The number of carbonyl (C=O) groups excluding carboxylic acids is 1. The zero-order valence-electron chi connectivity index (χ0n) is 13.2. The van der Waals surface area contributed by atoms with Crippen LogP contribution in [-0.4, -0.2) is 43.9 Å². The summed E-state index contributed by atoms with van der Waals surface area (Å²) in [5, 5.41) is 8.59. The largest absolute Gasteiger partial charge is 0.342 e. The molecule has 1 fully saturated rings. The number of benzene rings is 1. The van der Waals surface area contributed by atoms with E-state index in [0.29, 0.717) is 16.5 Å². The molecule has 1 aromatic heterocycles. The van der Waals surface area contributed by atoms with Gasteiger partial charge in [0, 0.05) is 20.1 Å². The fourth-order valence-corrected chi connectivity index (χ4v) is 3.60. The predicted octanol–water partition coefficient (Wildman–Crippen LogP) is 2.72. The molecule has 0 spiro atoms. The van der Waals surface area contributed by atoms with Gasteiger partial charge in [-0.1, -0.05) is 23.9 Å². The zero-order valence-corrected chi connectivity index (χ0v) is 14.0. The monoisotopic (exact) mass is 334 g/mol. The molecule has 3 rings (SSSR count). The fraction of sp³-hybridized carbons (Fsp3) is 0.438. The van der Waals surface area contributed by atoms with E-state index in [1.54, 1.807) is 29.8 Å². The Morgan fingerprint density at radius 3 is 2.65 bits per heavy atom. The van der Waals surface area contributed by atoms with Crippen LogP contribution in [0.1, 0.15) is 19.8 Å². The Balaban J connectivity index is 1.77. The predicted molar refractivity (Wildman–Crippen MR) is 87.5 cm³/mol. The van der Waals surface area contributed by atoms with Crippen LogP contribution in [0.3, 0.4) is 0 Å². The first-order chi connectivity index (χ1) is 11.1. The van der Waals surface area contributed by atoms with Gasteiger partial charge in [-0.2, -0.15) is 0 Å². The van der Waals surface area contributed by atoms with E-state index in [-0.39, 0.29) is 17.0 Å². The minimum Gasteiger partial charge on any atom is -0.342 e. The first-order valence-corrected chi connectivity index (χ1v) is 8.55. The second-order valence-electron chi connectivity index (χ2n) is 5.64. The van der Waals surface area contributed by atoms with Gasteiger partial charge < -0.3 is 9.47 Å². The summed E-state index contributed by atoms with van der Waals surface area (Å²) in [7, 11) is 1.79. The van der Waals surface area contributed by atoms with Crippen LogP contribution in [0.15, 0.2) is 29.4 Å². The summed E-state index contributed by atoms with van der Waals surface area (Å²) in [5.74, 6) is 0.259. The molecular weight excluding hydrogens is 315 g/mol. The van der Waals surface area contributed by atoms with E-state index in [2.05, 4.69) is 10.2 Å². The van der Waals surface area contributed by atoms with E-state index in [9.17, 15) is 9.18 Å². The fourth-order valence-electron chi connectivity index (χ4n) is 2.70. The Morgan fingerprint density at radius 1 is 1.26 bits per heavy atom. The van der Waals surface area contributed by atoms with Gasteiger partial charge in [0.25, 0.3) is 0 Å². The minimum absolute atomic E-state index is 0.128. The lowest BCUT2D eigenvalue weighted by Crippen LogP contribution is -2.34. The molecule has 7 heteroatoms. The zero-order chi connectivity index (χ0) is 16.4.